The smallest absolute Gasteiger partial charge is 0.207 e. The van der Waals surface area contributed by atoms with Crippen LogP contribution in [0.2, 0.25) is 6.82 Å². The molecule has 0 N–H and O–H groups in total. The molecule has 0 heterocycles. The molecule has 2 nitrogen and oxygen atoms in total. The molecule has 0 saturated carbocycles. The highest BCUT2D eigenvalue weighted by atomic mass is 16.5. The van der Waals surface area contributed by atoms with Gasteiger partial charge in [-0.2, -0.15) is 0 Å². The highest BCUT2D eigenvalue weighted by Crippen LogP contribution is 2.34. The molecular weight excluding hydrogens is 475 g/mol. The van der Waals surface area contributed by atoms with Gasteiger partial charge in [0.1, 0.15) is 24.7 Å². The zero-order valence-corrected chi connectivity index (χ0v) is 23.3. The van der Waals surface area contributed by atoms with E-state index < -0.39 is 0 Å². The number of hydrogen-bond acceptors (Lipinski definition) is 2. The van der Waals surface area contributed by atoms with E-state index in [1.807, 2.05) is 36.4 Å². The Balaban J connectivity index is 1.56. The number of ether oxygens (including phenoxy) is 2. The SMILES string of the molecule is CB(c1ccccc1)c1cc(C)c(OCc2ccccc2)cc1-c1cc(OCc2ccccc2)c(C)cc1C. The summed E-state index contributed by atoms with van der Waals surface area (Å²) in [6, 6.07) is 40.3. The molecule has 5 aromatic carbocycles. The second-order valence-corrected chi connectivity index (χ2v) is 10.3. The maximum Gasteiger partial charge on any atom is 0.207 e. The lowest BCUT2D eigenvalue weighted by Crippen LogP contribution is -2.40. The van der Waals surface area contributed by atoms with Crippen LogP contribution in [-0.2, 0) is 13.2 Å². The van der Waals surface area contributed by atoms with E-state index in [2.05, 4.69) is 106 Å². The fraction of sp³-hybridized carbons (Fsp3) is 0.167. The molecule has 0 atom stereocenters. The van der Waals surface area contributed by atoms with Crippen molar-refractivity contribution in [1.82, 2.24) is 0 Å². The predicted octanol–water partition coefficient (Wildman–Crippen LogP) is 7.68. The average Bonchev–Trinajstić information content (AvgIpc) is 2.97. The van der Waals surface area contributed by atoms with Gasteiger partial charge in [0.15, 0.2) is 0 Å². The van der Waals surface area contributed by atoms with E-state index in [0.29, 0.717) is 13.2 Å². The monoisotopic (exact) mass is 510 g/mol. The highest BCUT2D eigenvalue weighted by molar-refractivity contribution is 6.85. The number of benzene rings is 5. The van der Waals surface area contributed by atoms with Gasteiger partial charge >= 0.3 is 0 Å². The molecule has 0 fully saturated rings. The summed E-state index contributed by atoms with van der Waals surface area (Å²) in [6.07, 6.45) is 0. The van der Waals surface area contributed by atoms with Crippen LogP contribution in [0.5, 0.6) is 11.5 Å². The number of aryl methyl sites for hydroxylation is 3. The lowest BCUT2D eigenvalue weighted by Gasteiger charge is -2.21. The molecule has 5 aromatic rings. The third-order valence-corrected chi connectivity index (χ3v) is 7.40. The van der Waals surface area contributed by atoms with E-state index in [1.165, 1.54) is 27.6 Å². The molecule has 5 rings (SSSR count). The summed E-state index contributed by atoms with van der Waals surface area (Å²) in [5.41, 5.74) is 10.7. The van der Waals surface area contributed by atoms with Gasteiger partial charge in [0.05, 0.1) is 0 Å². The van der Waals surface area contributed by atoms with Crippen LogP contribution in [0.15, 0.2) is 115 Å². The molecule has 0 aromatic heterocycles. The standard InChI is InChI=1S/C36H35BO2/c1-26-20-27(2)35(38-24-29-14-8-5-9-15-29)22-32(26)33-23-36(39-25-30-16-10-6-11-17-30)28(3)21-34(33)37(4)31-18-12-7-13-19-31/h5-23H,24-25H2,1-4H3. The molecule has 0 aliphatic carbocycles. The number of hydrogen-bond donors (Lipinski definition) is 0. The van der Waals surface area contributed by atoms with Crippen molar-refractivity contribution in [3.63, 3.8) is 0 Å². The summed E-state index contributed by atoms with van der Waals surface area (Å²) in [6.45, 7) is 10.0. The summed E-state index contributed by atoms with van der Waals surface area (Å²) in [5.74, 6) is 1.81. The maximum atomic E-state index is 6.39. The summed E-state index contributed by atoms with van der Waals surface area (Å²) < 4.78 is 12.7. The maximum absolute atomic E-state index is 6.39. The second kappa shape index (κ2) is 12.1. The molecule has 194 valence electrons. The van der Waals surface area contributed by atoms with Crippen LogP contribution in [0.25, 0.3) is 11.1 Å². The minimum absolute atomic E-state index is 0.220. The van der Waals surface area contributed by atoms with Crippen molar-refractivity contribution < 1.29 is 9.47 Å². The van der Waals surface area contributed by atoms with Crippen LogP contribution in [0.1, 0.15) is 27.8 Å². The van der Waals surface area contributed by atoms with E-state index in [4.69, 9.17) is 9.47 Å². The van der Waals surface area contributed by atoms with Crippen LogP contribution in [0, 0.1) is 20.8 Å². The van der Waals surface area contributed by atoms with Gasteiger partial charge < -0.3 is 9.47 Å². The van der Waals surface area contributed by atoms with Gasteiger partial charge in [-0.05, 0) is 71.8 Å². The van der Waals surface area contributed by atoms with Crippen LogP contribution >= 0.6 is 0 Å². The Bertz CT molecular complexity index is 1530. The van der Waals surface area contributed by atoms with Crippen molar-refractivity contribution in [2.24, 2.45) is 0 Å². The molecule has 0 aliphatic rings. The summed E-state index contributed by atoms with van der Waals surface area (Å²) in [5, 5.41) is 0. The molecule has 3 heteroatoms. The van der Waals surface area contributed by atoms with E-state index in [-0.39, 0.29) is 6.71 Å². The Kier molecular flexibility index (Phi) is 8.17. The molecule has 0 aliphatic heterocycles. The van der Waals surface area contributed by atoms with Gasteiger partial charge in [-0.15, -0.1) is 0 Å². The van der Waals surface area contributed by atoms with Crippen molar-refractivity contribution in [1.29, 1.82) is 0 Å². The molecule has 0 saturated heterocycles. The third kappa shape index (κ3) is 6.26. The van der Waals surface area contributed by atoms with Gasteiger partial charge in [-0.3, -0.25) is 0 Å². The van der Waals surface area contributed by atoms with Crippen LogP contribution in [0.4, 0.5) is 0 Å². The largest absolute Gasteiger partial charge is 0.489 e. The van der Waals surface area contributed by atoms with E-state index in [9.17, 15) is 0 Å². The van der Waals surface area contributed by atoms with Gasteiger partial charge in [0.2, 0.25) is 6.71 Å². The summed E-state index contributed by atoms with van der Waals surface area (Å²) in [4.78, 5) is 0. The Morgan fingerprint density at radius 1 is 0.513 bits per heavy atom. The molecular formula is C36H35BO2. The Morgan fingerprint density at radius 3 is 1.51 bits per heavy atom. The molecule has 39 heavy (non-hydrogen) atoms. The first-order chi connectivity index (χ1) is 19.0. The predicted molar refractivity (Wildman–Crippen MR) is 165 cm³/mol. The fourth-order valence-electron chi connectivity index (χ4n) is 5.13. The average molecular weight is 510 g/mol. The zero-order chi connectivity index (χ0) is 27.2. The van der Waals surface area contributed by atoms with Gasteiger partial charge in [0, 0.05) is 0 Å². The fourth-order valence-corrected chi connectivity index (χ4v) is 5.13. The topological polar surface area (TPSA) is 18.5 Å². The molecule has 0 bridgehead atoms. The summed E-state index contributed by atoms with van der Waals surface area (Å²) in [7, 11) is 0. The van der Waals surface area contributed by atoms with E-state index in [1.54, 1.807) is 0 Å². The van der Waals surface area contributed by atoms with Gasteiger partial charge in [0.25, 0.3) is 0 Å². The first-order valence-corrected chi connectivity index (χ1v) is 13.6. The molecule has 0 radical (unpaired) electrons. The molecule has 0 spiro atoms. The first kappa shape index (κ1) is 26.4. The van der Waals surface area contributed by atoms with E-state index in [0.717, 1.165) is 33.8 Å². The zero-order valence-electron chi connectivity index (χ0n) is 23.3. The Morgan fingerprint density at radius 2 is 0.974 bits per heavy atom. The van der Waals surface area contributed by atoms with Crippen molar-refractivity contribution >= 4 is 17.6 Å². The van der Waals surface area contributed by atoms with E-state index >= 15 is 0 Å². The summed E-state index contributed by atoms with van der Waals surface area (Å²) >= 11 is 0. The van der Waals surface area contributed by atoms with Crippen molar-refractivity contribution in [2.45, 2.75) is 40.8 Å². The minimum Gasteiger partial charge on any atom is -0.489 e. The Hall–Kier alpha value is -4.24. The number of rotatable bonds is 9. The normalized spacial score (nSPS) is 10.8. The van der Waals surface area contributed by atoms with Crippen molar-refractivity contribution in [3.05, 3.63) is 143 Å². The third-order valence-electron chi connectivity index (χ3n) is 7.40. The lowest BCUT2D eigenvalue weighted by atomic mass is 9.41. The minimum atomic E-state index is 0.220. The molecule has 0 amide bonds. The molecule has 0 unspecified atom stereocenters. The van der Waals surface area contributed by atoms with Crippen LogP contribution in [0.3, 0.4) is 0 Å². The van der Waals surface area contributed by atoms with Gasteiger partial charge in [-0.1, -0.05) is 121 Å². The second-order valence-electron chi connectivity index (χ2n) is 10.3. The van der Waals surface area contributed by atoms with Gasteiger partial charge in [-0.25, -0.2) is 0 Å². The quantitative estimate of drug-likeness (QED) is 0.190. The first-order valence-electron chi connectivity index (χ1n) is 13.6. The van der Waals surface area contributed by atoms with Crippen LogP contribution < -0.4 is 20.4 Å². The lowest BCUT2D eigenvalue weighted by molar-refractivity contribution is 0.303. The van der Waals surface area contributed by atoms with Crippen LogP contribution in [-0.4, -0.2) is 6.71 Å². The Labute approximate surface area is 233 Å². The van der Waals surface area contributed by atoms with Crippen molar-refractivity contribution in [3.8, 4) is 22.6 Å². The van der Waals surface area contributed by atoms with Crippen molar-refractivity contribution in [2.75, 3.05) is 0 Å². The highest BCUT2D eigenvalue weighted by Gasteiger charge is 2.21.